The summed E-state index contributed by atoms with van der Waals surface area (Å²) in [4.78, 5) is 14.3. The maximum atomic E-state index is 5.92. The van der Waals surface area contributed by atoms with Gasteiger partial charge in [-0.1, -0.05) is 48.5 Å². The van der Waals surface area contributed by atoms with Crippen molar-refractivity contribution in [2.75, 3.05) is 38.4 Å². The third-order valence-electron chi connectivity index (χ3n) is 6.41. The van der Waals surface area contributed by atoms with Gasteiger partial charge < -0.3 is 28.8 Å². The van der Waals surface area contributed by atoms with Crippen LogP contribution < -0.4 is 14.4 Å². The molecule has 0 amide bonds. The van der Waals surface area contributed by atoms with Crippen LogP contribution in [0.2, 0.25) is 0 Å². The topological polar surface area (TPSA) is 81.7 Å². The number of hydrogen-bond donors (Lipinski definition) is 1. The second kappa shape index (κ2) is 14.1. The van der Waals surface area contributed by atoms with Crippen molar-refractivity contribution in [3.8, 4) is 11.6 Å². The van der Waals surface area contributed by atoms with Crippen LogP contribution in [0.15, 0.2) is 97.5 Å². The predicted octanol–water partition coefficient (Wildman–Crippen LogP) is 5.79. The van der Waals surface area contributed by atoms with Crippen molar-refractivity contribution in [2.24, 2.45) is 0 Å². The monoisotopic (exact) mass is 538 g/mol. The summed E-state index contributed by atoms with van der Waals surface area (Å²) in [5, 5.41) is 0. The minimum Gasteiger partial charge on any atom is -0.497 e. The molecular formula is C32H34N4O4. The number of fused-ring (bicyclic) bond motifs is 1. The first kappa shape index (κ1) is 27.2. The lowest BCUT2D eigenvalue weighted by Gasteiger charge is -2.26. The lowest BCUT2D eigenvalue weighted by molar-refractivity contribution is 0.0299. The minimum absolute atomic E-state index is 0.404. The van der Waals surface area contributed by atoms with E-state index in [1.807, 2.05) is 60.7 Å². The molecular weight excluding hydrogens is 504 g/mol. The Labute approximate surface area is 234 Å². The molecule has 0 unspecified atom stereocenters. The van der Waals surface area contributed by atoms with Gasteiger partial charge in [0, 0.05) is 31.0 Å². The third-order valence-corrected chi connectivity index (χ3v) is 6.41. The van der Waals surface area contributed by atoms with Crippen LogP contribution in [0.25, 0.3) is 11.0 Å². The molecule has 5 aromatic rings. The number of aromatic nitrogens is 3. The van der Waals surface area contributed by atoms with Crippen LogP contribution in [-0.2, 0) is 29.2 Å². The number of methoxy groups -OCH3 is 1. The van der Waals surface area contributed by atoms with E-state index in [2.05, 4.69) is 44.1 Å². The Balaban J connectivity index is 1.17. The van der Waals surface area contributed by atoms with Gasteiger partial charge in [-0.2, -0.15) is 0 Å². The van der Waals surface area contributed by atoms with Crippen molar-refractivity contribution < 1.29 is 18.9 Å². The van der Waals surface area contributed by atoms with Gasteiger partial charge in [-0.05, 0) is 47.0 Å². The average Bonchev–Trinajstić information content (AvgIpc) is 3.47. The molecule has 0 saturated heterocycles. The molecule has 1 N–H and O–H groups in total. The Kier molecular flexibility index (Phi) is 9.59. The normalized spacial score (nSPS) is 11.0. The number of imidazole rings is 1. The van der Waals surface area contributed by atoms with Crippen molar-refractivity contribution in [2.45, 2.75) is 19.7 Å². The molecule has 0 atom stereocenters. The fraction of sp³-hybridized carbons (Fsp3) is 0.250. The SMILES string of the molecule is COc1cccc(CN(Cc2ccc3nc[nH]c3c2)c2ccnc(OCCOCCOCc3ccccc3)c2)c1. The quantitative estimate of drug-likeness (QED) is 0.169. The largest absolute Gasteiger partial charge is 0.497 e. The molecule has 0 bridgehead atoms. The second-order valence-electron chi connectivity index (χ2n) is 9.31. The van der Waals surface area contributed by atoms with Crippen LogP contribution >= 0.6 is 0 Å². The summed E-state index contributed by atoms with van der Waals surface area (Å²) in [5.41, 5.74) is 6.44. The maximum absolute atomic E-state index is 5.92. The molecule has 206 valence electrons. The van der Waals surface area contributed by atoms with Gasteiger partial charge in [-0.3, -0.25) is 0 Å². The lowest BCUT2D eigenvalue weighted by atomic mass is 10.1. The van der Waals surface area contributed by atoms with E-state index < -0.39 is 0 Å². The number of hydrogen-bond acceptors (Lipinski definition) is 7. The zero-order chi connectivity index (χ0) is 27.4. The van der Waals surface area contributed by atoms with Crippen LogP contribution in [0, 0.1) is 0 Å². The summed E-state index contributed by atoms with van der Waals surface area (Å²) in [5.74, 6) is 1.39. The number of ether oxygens (including phenoxy) is 4. The number of nitrogens with zero attached hydrogens (tertiary/aromatic N) is 3. The summed E-state index contributed by atoms with van der Waals surface area (Å²) >= 11 is 0. The molecule has 40 heavy (non-hydrogen) atoms. The van der Waals surface area contributed by atoms with E-state index in [9.17, 15) is 0 Å². The van der Waals surface area contributed by atoms with Crippen LogP contribution in [0.5, 0.6) is 11.6 Å². The van der Waals surface area contributed by atoms with Crippen molar-refractivity contribution in [1.82, 2.24) is 15.0 Å². The standard InChI is InChI=1S/C32H34N4O4/c1-37-29-9-5-8-26(18-29)21-36(22-27-10-11-30-31(19-27)35-24-34-30)28-12-13-33-32(20-28)40-17-16-38-14-15-39-23-25-6-3-2-4-7-25/h2-13,18-20,24H,14-17,21-23H2,1H3,(H,34,35). The Morgan fingerprint density at radius 3 is 2.40 bits per heavy atom. The average molecular weight is 539 g/mol. The highest BCUT2D eigenvalue weighted by atomic mass is 16.5. The molecule has 5 rings (SSSR count). The van der Waals surface area contributed by atoms with Crippen molar-refractivity contribution in [1.29, 1.82) is 0 Å². The number of benzene rings is 3. The van der Waals surface area contributed by atoms with Crippen molar-refractivity contribution in [3.63, 3.8) is 0 Å². The summed E-state index contributed by atoms with van der Waals surface area (Å²) in [7, 11) is 1.68. The van der Waals surface area contributed by atoms with Gasteiger partial charge in [0.1, 0.15) is 12.4 Å². The molecule has 0 spiro atoms. The van der Waals surface area contributed by atoms with Gasteiger partial charge in [-0.25, -0.2) is 9.97 Å². The number of H-pyrrole nitrogens is 1. The second-order valence-corrected chi connectivity index (χ2v) is 9.31. The first-order valence-electron chi connectivity index (χ1n) is 13.3. The van der Waals surface area contributed by atoms with Crippen molar-refractivity contribution in [3.05, 3.63) is 114 Å². The number of nitrogens with one attached hydrogen (secondary N) is 1. The van der Waals surface area contributed by atoms with Gasteiger partial charge in [0.05, 0.1) is 50.9 Å². The van der Waals surface area contributed by atoms with Crippen LogP contribution in [0.1, 0.15) is 16.7 Å². The summed E-state index contributed by atoms with van der Waals surface area (Å²) in [6.45, 7) is 3.87. The van der Waals surface area contributed by atoms with Crippen LogP contribution in [-0.4, -0.2) is 48.5 Å². The fourth-order valence-corrected chi connectivity index (χ4v) is 4.40. The summed E-state index contributed by atoms with van der Waals surface area (Å²) in [6.07, 6.45) is 3.50. The summed E-state index contributed by atoms with van der Waals surface area (Å²) in [6, 6.07) is 28.5. The highest BCUT2D eigenvalue weighted by molar-refractivity contribution is 5.75. The molecule has 0 radical (unpaired) electrons. The van der Waals surface area contributed by atoms with Crippen molar-refractivity contribution >= 4 is 16.7 Å². The Morgan fingerprint density at radius 2 is 1.52 bits per heavy atom. The third kappa shape index (κ3) is 7.81. The molecule has 0 aliphatic heterocycles. The van der Waals surface area contributed by atoms with Crippen LogP contribution in [0.4, 0.5) is 5.69 Å². The van der Waals surface area contributed by atoms with E-state index in [-0.39, 0.29) is 0 Å². The minimum atomic E-state index is 0.404. The molecule has 0 saturated carbocycles. The number of pyridine rings is 1. The van der Waals surface area contributed by atoms with Crippen LogP contribution in [0.3, 0.4) is 0 Å². The van der Waals surface area contributed by atoms with E-state index in [4.69, 9.17) is 18.9 Å². The first-order valence-corrected chi connectivity index (χ1v) is 13.3. The van der Waals surface area contributed by atoms with Gasteiger partial charge in [0.15, 0.2) is 0 Å². The zero-order valence-electron chi connectivity index (χ0n) is 22.7. The highest BCUT2D eigenvalue weighted by Crippen LogP contribution is 2.25. The molecule has 2 aromatic heterocycles. The van der Waals surface area contributed by atoms with E-state index in [0.717, 1.165) is 33.6 Å². The number of anilines is 1. The van der Waals surface area contributed by atoms with E-state index in [0.29, 0.717) is 52.0 Å². The smallest absolute Gasteiger partial charge is 0.215 e. The molecule has 0 aliphatic carbocycles. The molecule has 2 heterocycles. The van der Waals surface area contributed by atoms with Gasteiger partial charge >= 0.3 is 0 Å². The molecule has 0 fully saturated rings. The maximum Gasteiger partial charge on any atom is 0.215 e. The van der Waals surface area contributed by atoms with Gasteiger partial charge in [-0.15, -0.1) is 0 Å². The fourth-order valence-electron chi connectivity index (χ4n) is 4.40. The Bertz CT molecular complexity index is 1470. The lowest BCUT2D eigenvalue weighted by Crippen LogP contribution is -2.22. The van der Waals surface area contributed by atoms with E-state index >= 15 is 0 Å². The Hall–Kier alpha value is -4.40. The number of rotatable bonds is 15. The Morgan fingerprint density at radius 1 is 0.725 bits per heavy atom. The predicted molar refractivity (Wildman–Crippen MR) is 156 cm³/mol. The van der Waals surface area contributed by atoms with E-state index in [1.165, 1.54) is 5.56 Å². The van der Waals surface area contributed by atoms with Gasteiger partial charge in [0.25, 0.3) is 0 Å². The zero-order valence-corrected chi connectivity index (χ0v) is 22.7. The van der Waals surface area contributed by atoms with Gasteiger partial charge in [0.2, 0.25) is 5.88 Å². The molecule has 0 aliphatic rings. The number of aromatic amines is 1. The molecule has 8 heteroatoms. The summed E-state index contributed by atoms with van der Waals surface area (Å²) < 4.78 is 22.7. The molecule has 3 aromatic carbocycles. The molecule has 8 nitrogen and oxygen atoms in total. The van der Waals surface area contributed by atoms with E-state index in [1.54, 1.807) is 19.6 Å². The first-order chi connectivity index (χ1) is 19.8. The highest BCUT2D eigenvalue weighted by Gasteiger charge is 2.12.